The predicted molar refractivity (Wildman–Crippen MR) is 109 cm³/mol. The van der Waals surface area contributed by atoms with Gasteiger partial charge in [0, 0.05) is 6.07 Å². The van der Waals surface area contributed by atoms with E-state index in [9.17, 15) is 19.7 Å². The number of rotatable bonds is 5. The van der Waals surface area contributed by atoms with Crippen molar-refractivity contribution >= 4 is 40.5 Å². The maximum absolute atomic E-state index is 13.1. The van der Waals surface area contributed by atoms with Crippen LogP contribution in [-0.4, -0.2) is 28.9 Å². The van der Waals surface area contributed by atoms with Crippen LogP contribution < -0.4 is 15.0 Å². The van der Waals surface area contributed by atoms with Crippen LogP contribution in [-0.2, 0) is 9.59 Å². The van der Waals surface area contributed by atoms with E-state index in [1.165, 1.54) is 23.1 Å². The average molecular weight is 418 g/mol. The lowest BCUT2D eigenvalue weighted by atomic mass is 10.0. The fourth-order valence-electron chi connectivity index (χ4n) is 3.09. The molecule has 0 spiro atoms. The fourth-order valence-corrected chi connectivity index (χ4v) is 3.27. The molecule has 1 aliphatic rings. The van der Waals surface area contributed by atoms with Gasteiger partial charge in [0.15, 0.2) is 11.9 Å². The molecule has 1 aliphatic heterocycles. The van der Waals surface area contributed by atoms with Crippen LogP contribution in [0.1, 0.15) is 20.8 Å². The van der Waals surface area contributed by atoms with Crippen molar-refractivity contribution in [2.75, 3.05) is 10.2 Å². The molecule has 0 radical (unpaired) electrons. The highest BCUT2D eigenvalue weighted by molar-refractivity contribution is 6.33. The zero-order chi connectivity index (χ0) is 21.3. The molecule has 1 N–H and O–H groups in total. The number of amides is 2. The van der Waals surface area contributed by atoms with Crippen LogP contribution in [0.4, 0.5) is 17.1 Å². The number of fused-ring (bicyclic) bond motifs is 1. The summed E-state index contributed by atoms with van der Waals surface area (Å²) in [6.45, 7) is 5.19. The minimum atomic E-state index is -0.899. The summed E-state index contributed by atoms with van der Waals surface area (Å²) >= 11 is 6.10. The maximum atomic E-state index is 13.1. The van der Waals surface area contributed by atoms with Gasteiger partial charge < -0.3 is 10.1 Å². The van der Waals surface area contributed by atoms with Gasteiger partial charge in [0.25, 0.3) is 11.6 Å². The Hall–Kier alpha value is -3.13. The first kappa shape index (κ1) is 20.6. The minimum Gasteiger partial charge on any atom is -0.478 e. The molecule has 2 aromatic carbocycles. The van der Waals surface area contributed by atoms with Gasteiger partial charge in [-0.2, -0.15) is 0 Å². The first-order valence-corrected chi connectivity index (χ1v) is 9.42. The molecule has 9 heteroatoms. The van der Waals surface area contributed by atoms with E-state index >= 15 is 0 Å². The van der Waals surface area contributed by atoms with Crippen molar-refractivity contribution in [2.24, 2.45) is 5.92 Å². The Morgan fingerprint density at radius 1 is 1.24 bits per heavy atom. The molecule has 0 fully saturated rings. The molecule has 2 atom stereocenters. The van der Waals surface area contributed by atoms with Gasteiger partial charge in [-0.05, 0) is 31.0 Å². The Balaban J connectivity index is 1.97. The standard InChI is InChI=1S/C20H20ClN3O5/c1-11(2)18-20(26)23(16-9-8-13(24(27)28)10-17(16)29-18)12(3)19(25)22-15-7-5-4-6-14(15)21/h4-12,18H,1-3H3,(H,22,25). The number of anilines is 2. The van der Waals surface area contributed by atoms with E-state index in [1.54, 1.807) is 45.0 Å². The summed E-state index contributed by atoms with van der Waals surface area (Å²) in [5.74, 6) is -0.838. The lowest BCUT2D eigenvalue weighted by Gasteiger charge is -2.38. The summed E-state index contributed by atoms with van der Waals surface area (Å²) in [7, 11) is 0. The Labute approximate surface area is 172 Å². The van der Waals surface area contributed by atoms with E-state index in [2.05, 4.69) is 5.32 Å². The third kappa shape index (κ3) is 4.02. The van der Waals surface area contributed by atoms with Crippen molar-refractivity contribution in [3.63, 3.8) is 0 Å². The van der Waals surface area contributed by atoms with E-state index in [-0.39, 0.29) is 23.3 Å². The predicted octanol–water partition coefficient (Wildman–Crippen LogP) is 4.03. The van der Waals surface area contributed by atoms with Crippen molar-refractivity contribution in [1.29, 1.82) is 0 Å². The van der Waals surface area contributed by atoms with E-state index in [4.69, 9.17) is 16.3 Å². The van der Waals surface area contributed by atoms with E-state index in [0.717, 1.165) is 0 Å². The number of nitrogens with zero attached hydrogens (tertiary/aromatic N) is 2. The molecule has 0 aromatic heterocycles. The summed E-state index contributed by atoms with van der Waals surface area (Å²) in [6, 6.07) is 9.83. The van der Waals surface area contributed by atoms with Crippen molar-refractivity contribution < 1.29 is 19.2 Å². The first-order valence-electron chi connectivity index (χ1n) is 9.04. The third-order valence-electron chi connectivity index (χ3n) is 4.65. The molecule has 2 unspecified atom stereocenters. The summed E-state index contributed by atoms with van der Waals surface area (Å²) in [4.78, 5) is 37.8. The molecule has 3 rings (SSSR count). The largest absolute Gasteiger partial charge is 0.478 e. The van der Waals surface area contributed by atoms with Gasteiger partial charge in [-0.3, -0.25) is 24.6 Å². The van der Waals surface area contributed by atoms with E-state index < -0.39 is 23.0 Å². The molecule has 29 heavy (non-hydrogen) atoms. The number of nitro groups is 1. The molecule has 0 bridgehead atoms. The number of hydrogen-bond donors (Lipinski definition) is 1. The van der Waals surface area contributed by atoms with Gasteiger partial charge in [-0.15, -0.1) is 0 Å². The molecule has 1 heterocycles. The van der Waals surface area contributed by atoms with Gasteiger partial charge >= 0.3 is 0 Å². The number of hydrogen-bond acceptors (Lipinski definition) is 5. The Morgan fingerprint density at radius 2 is 1.93 bits per heavy atom. The summed E-state index contributed by atoms with van der Waals surface area (Å²) in [6.07, 6.45) is -0.861. The summed E-state index contributed by atoms with van der Waals surface area (Å²) in [5.41, 5.74) is 0.573. The topological polar surface area (TPSA) is 102 Å². The Bertz CT molecular complexity index is 978. The first-order chi connectivity index (χ1) is 13.7. The zero-order valence-electron chi connectivity index (χ0n) is 16.1. The van der Waals surface area contributed by atoms with Gasteiger partial charge in [0.1, 0.15) is 6.04 Å². The number of non-ortho nitro benzene ring substituents is 1. The van der Waals surface area contributed by atoms with Crippen LogP contribution in [0.3, 0.4) is 0 Å². The molecular weight excluding hydrogens is 398 g/mol. The number of carbonyl (C=O) groups is 2. The van der Waals surface area contributed by atoms with Crippen molar-refractivity contribution in [1.82, 2.24) is 0 Å². The van der Waals surface area contributed by atoms with Crippen LogP contribution in [0, 0.1) is 16.0 Å². The highest BCUT2D eigenvalue weighted by Crippen LogP contribution is 2.39. The number of carbonyl (C=O) groups excluding carboxylic acids is 2. The Morgan fingerprint density at radius 3 is 2.55 bits per heavy atom. The monoisotopic (exact) mass is 417 g/mol. The second-order valence-electron chi connectivity index (χ2n) is 7.04. The lowest BCUT2D eigenvalue weighted by Crippen LogP contribution is -2.55. The van der Waals surface area contributed by atoms with Gasteiger partial charge in [-0.25, -0.2) is 0 Å². The second kappa shape index (κ2) is 8.08. The van der Waals surface area contributed by atoms with Crippen molar-refractivity contribution in [3.8, 4) is 5.75 Å². The van der Waals surface area contributed by atoms with Crippen LogP contribution in [0.25, 0.3) is 0 Å². The van der Waals surface area contributed by atoms with E-state index in [1.807, 2.05) is 0 Å². The molecule has 2 aromatic rings. The number of halogens is 1. The van der Waals surface area contributed by atoms with Gasteiger partial charge in [-0.1, -0.05) is 37.6 Å². The SMILES string of the molecule is CC(C)C1Oc2cc([N+](=O)[O-])ccc2N(C(C)C(=O)Nc2ccccc2Cl)C1=O. The van der Waals surface area contributed by atoms with Gasteiger partial charge in [0.2, 0.25) is 5.91 Å². The molecule has 0 saturated heterocycles. The summed E-state index contributed by atoms with van der Waals surface area (Å²) in [5, 5.41) is 14.2. The average Bonchev–Trinajstić information content (AvgIpc) is 2.68. The van der Waals surface area contributed by atoms with E-state index in [0.29, 0.717) is 16.4 Å². The van der Waals surface area contributed by atoms with Crippen LogP contribution in [0.2, 0.25) is 5.02 Å². The molecule has 8 nitrogen and oxygen atoms in total. The molecule has 2 amide bonds. The number of nitrogens with one attached hydrogen (secondary N) is 1. The highest BCUT2D eigenvalue weighted by Gasteiger charge is 2.41. The number of nitro benzene ring substituents is 1. The maximum Gasteiger partial charge on any atom is 0.273 e. The third-order valence-corrected chi connectivity index (χ3v) is 4.98. The molecular formula is C20H20ClN3O5. The molecule has 0 saturated carbocycles. The van der Waals surface area contributed by atoms with Crippen molar-refractivity contribution in [3.05, 3.63) is 57.6 Å². The molecule has 152 valence electrons. The van der Waals surface area contributed by atoms with Crippen LogP contribution in [0.15, 0.2) is 42.5 Å². The second-order valence-corrected chi connectivity index (χ2v) is 7.45. The summed E-state index contributed by atoms with van der Waals surface area (Å²) < 4.78 is 5.75. The lowest BCUT2D eigenvalue weighted by molar-refractivity contribution is -0.384. The van der Waals surface area contributed by atoms with Gasteiger partial charge in [0.05, 0.1) is 27.4 Å². The normalized spacial score (nSPS) is 16.8. The number of benzene rings is 2. The quantitative estimate of drug-likeness (QED) is 0.584. The molecule has 0 aliphatic carbocycles. The highest BCUT2D eigenvalue weighted by atomic mass is 35.5. The van der Waals surface area contributed by atoms with Crippen LogP contribution in [0.5, 0.6) is 5.75 Å². The fraction of sp³-hybridized carbons (Fsp3) is 0.300. The number of ether oxygens (including phenoxy) is 1. The van der Waals surface area contributed by atoms with Crippen molar-refractivity contribution in [2.45, 2.75) is 32.9 Å². The zero-order valence-corrected chi connectivity index (χ0v) is 16.8. The van der Waals surface area contributed by atoms with Crippen LogP contribution >= 0.6 is 11.6 Å². The number of para-hydroxylation sites is 1. The Kier molecular flexibility index (Phi) is 5.74. The smallest absolute Gasteiger partial charge is 0.273 e. The minimum absolute atomic E-state index is 0.159.